The van der Waals surface area contributed by atoms with E-state index in [1.807, 2.05) is 13.8 Å². The molecule has 104 valence electrons. The molecule has 2 aliphatic rings. The predicted molar refractivity (Wildman–Crippen MR) is 68.6 cm³/mol. The molecule has 2 N–H and O–H groups in total. The van der Waals surface area contributed by atoms with Crippen LogP contribution in [0, 0.1) is 5.92 Å². The van der Waals surface area contributed by atoms with Gasteiger partial charge in [0.25, 0.3) is 0 Å². The van der Waals surface area contributed by atoms with Crippen molar-refractivity contribution < 1.29 is 14.6 Å². The highest BCUT2D eigenvalue weighted by molar-refractivity contribution is 5.80. The first-order valence-corrected chi connectivity index (χ1v) is 6.78. The minimum absolute atomic E-state index is 0.177. The zero-order chi connectivity index (χ0) is 13.3. The van der Waals surface area contributed by atoms with Crippen molar-refractivity contribution in [3.63, 3.8) is 0 Å². The van der Waals surface area contributed by atoms with Gasteiger partial charge in [-0.3, -0.25) is 9.69 Å². The number of likely N-dealkylation sites (N-methyl/N-ethyl adjacent to an activating group) is 1. The fourth-order valence-corrected chi connectivity index (χ4v) is 3.10. The summed E-state index contributed by atoms with van der Waals surface area (Å²) in [6, 6.07) is 0. The Labute approximate surface area is 108 Å². The van der Waals surface area contributed by atoms with Crippen LogP contribution in [-0.4, -0.2) is 60.4 Å². The number of morpholine rings is 1. The third-order valence-electron chi connectivity index (χ3n) is 4.07. The molecule has 3 atom stereocenters. The standard InChI is InChI=1S/C13H24N2O3/c1-9-6-15(7-10(2)18-9)8-13(14-3,12(16)17)11-4-5-11/h9-11,14H,4-8H2,1-3H3,(H,16,17)/t9-,10+,13?. The summed E-state index contributed by atoms with van der Waals surface area (Å²) in [5.41, 5.74) is -0.781. The fourth-order valence-electron chi connectivity index (χ4n) is 3.10. The number of rotatable bonds is 5. The maximum Gasteiger partial charge on any atom is 0.325 e. The van der Waals surface area contributed by atoms with Crippen molar-refractivity contribution in [3.8, 4) is 0 Å². The molecule has 1 aliphatic carbocycles. The van der Waals surface area contributed by atoms with E-state index in [9.17, 15) is 9.90 Å². The SMILES string of the molecule is CNC(CN1C[C@@H](C)O[C@@H](C)C1)(C(=O)O)C1CC1. The Balaban J connectivity index is 2.06. The second-order valence-corrected chi connectivity index (χ2v) is 5.75. The number of ether oxygens (including phenoxy) is 1. The van der Waals surface area contributed by atoms with Crippen LogP contribution in [0.1, 0.15) is 26.7 Å². The van der Waals surface area contributed by atoms with Gasteiger partial charge in [-0.2, -0.15) is 0 Å². The zero-order valence-corrected chi connectivity index (χ0v) is 11.5. The van der Waals surface area contributed by atoms with Crippen molar-refractivity contribution >= 4 is 5.97 Å². The highest BCUT2D eigenvalue weighted by atomic mass is 16.5. The van der Waals surface area contributed by atoms with Crippen molar-refractivity contribution in [2.45, 2.75) is 44.4 Å². The molecule has 1 aliphatic heterocycles. The molecule has 1 unspecified atom stereocenters. The number of nitrogens with one attached hydrogen (secondary N) is 1. The van der Waals surface area contributed by atoms with E-state index in [-0.39, 0.29) is 18.1 Å². The second kappa shape index (κ2) is 5.15. The van der Waals surface area contributed by atoms with E-state index in [1.165, 1.54) is 0 Å². The normalized spacial score (nSPS) is 33.1. The van der Waals surface area contributed by atoms with Gasteiger partial charge >= 0.3 is 5.97 Å². The Hall–Kier alpha value is -0.650. The third-order valence-corrected chi connectivity index (χ3v) is 4.07. The molecule has 2 rings (SSSR count). The molecule has 2 fully saturated rings. The lowest BCUT2D eigenvalue weighted by Gasteiger charge is -2.40. The second-order valence-electron chi connectivity index (χ2n) is 5.75. The van der Waals surface area contributed by atoms with Crippen LogP contribution in [0.2, 0.25) is 0 Å². The van der Waals surface area contributed by atoms with Gasteiger partial charge in [0.2, 0.25) is 0 Å². The summed E-state index contributed by atoms with van der Waals surface area (Å²) in [6.45, 7) is 6.28. The molecule has 1 saturated carbocycles. The number of carbonyl (C=O) groups is 1. The molecular weight excluding hydrogens is 232 g/mol. The van der Waals surface area contributed by atoms with Gasteiger partial charge < -0.3 is 15.2 Å². The van der Waals surface area contributed by atoms with Crippen LogP contribution in [-0.2, 0) is 9.53 Å². The molecule has 5 nitrogen and oxygen atoms in total. The van der Waals surface area contributed by atoms with E-state index >= 15 is 0 Å². The Morgan fingerprint density at radius 2 is 1.94 bits per heavy atom. The maximum absolute atomic E-state index is 11.7. The van der Waals surface area contributed by atoms with E-state index < -0.39 is 11.5 Å². The zero-order valence-electron chi connectivity index (χ0n) is 11.5. The Kier molecular flexibility index (Phi) is 3.94. The number of carboxylic acid groups (broad SMARTS) is 1. The fraction of sp³-hybridized carbons (Fsp3) is 0.923. The minimum atomic E-state index is -0.781. The first kappa shape index (κ1) is 13.8. The van der Waals surface area contributed by atoms with E-state index in [2.05, 4.69) is 10.2 Å². The number of hydrogen-bond donors (Lipinski definition) is 2. The van der Waals surface area contributed by atoms with Crippen molar-refractivity contribution in [3.05, 3.63) is 0 Å². The summed E-state index contributed by atoms with van der Waals surface area (Å²) in [6.07, 6.45) is 2.39. The molecular formula is C13H24N2O3. The van der Waals surface area contributed by atoms with Crippen molar-refractivity contribution in [2.75, 3.05) is 26.7 Å². The van der Waals surface area contributed by atoms with Gasteiger partial charge in [0.15, 0.2) is 0 Å². The summed E-state index contributed by atoms with van der Waals surface area (Å²) in [7, 11) is 1.76. The van der Waals surface area contributed by atoms with Crippen molar-refractivity contribution in [2.24, 2.45) is 5.92 Å². The van der Waals surface area contributed by atoms with Crippen LogP contribution in [0.5, 0.6) is 0 Å². The minimum Gasteiger partial charge on any atom is -0.480 e. The molecule has 0 bridgehead atoms. The number of hydrogen-bond acceptors (Lipinski definition) is 4. The van der Waals surface area contributed by atoms with Crippen LogP contribution in [0.25, 0.3) is 0 Å². The Morgan fingerprint density at radius 3 is 2.33 bits per heavy atom. The van der Waals surface area contributed by atoms with E-state index in [1.54, 1.807) is 7.05 Å². The van der Waals surface area contributed by atoms with Crippen molar-refractivity contribution in [1.29, 1.82) is 0 Å². The monoisotopic (exact) mass is 256 g/mol. The molecule has 0 aromatic carbocycles. The average molecular weight is 256 g/mol. The molecule has 0 aromatic heterocycles. The van der Waals surface area contributed by atoms with Crippen LogP contribution in [0.3, 0.4) is 0 Å². The summed E-state index contributed by atoms with van der Waals surface area (Å²) in [4.78, 5) is 13.9. The Bertz CT molecular complexity index is 309. The average Bonchev–Trinajstić information content (AvgIpc) is 3.08. The van der Waals surface area contributed by atoms with Crippen LogP contribution in [0.4, 0.5) is 0 Å². The number of carboxylic acids is 1. The lowest BCUT2D eigenvalue weighted by molar-refractivity contribution is -0.148. The van der Waals surface area contributed by atoms with E-state index in [0.717, 1.165) is 25.9 Å². The smallest absolute Gasteiger partial charge is 0.325 e. The van der Waals surface area contributed by atoms with Crippen LogP contribution < -0.4 is 5.32 Å². The molecule has 18 heavy (non-hydrogen) atoms. The van der Waals surface area contributed by atoms with Gasteiger partial charge in [-0.15, -0.1) is 0 Å². The molecule has 1 saturated heterocycles. The summed E-state index contributed by atoms with van der Waals surface area (Å²) < 4.78 is 5.69. The molecule has 0 spiro atoms. The quantitative estimate of drug-likeness (QED) is 0.752. The van der Waals surface area contributed by atoms with E-state index in [4.69, 9.17) is 4.74 Å². The maximum atomic E-state index is 11.7. The highest BCUT2D eigenvalue weighted by Crippen LogP contribution is 2.40. The van der Waals surface area contributed by atoms with Crippen molar-refractivity contribution in [1.82, 2.24) is 10.2 Å². The number of aliphatic carboxylic acids is 1. The summed E-state index contributed by atoms with van der Waals surface area (Å²) >= 11 is 0. The molecule has 0 amide bonds. The molecule has 0 aromatic rings. The topological polar surface area (TPSA) is 61.8 Å². The molecule has 5 heteroatoms. The van der Waals surface area contributed by atoms with Crippen LogP contribution >= 0.6 is 0 Å². The first-order chi connectivity index (χ1) is 8.48. The summed E-state index contributed by atoms with van der Waals surface area (Å²) in [5, 5.41) is 12.6. The predicted octanol–water partition coefficient (Wildman–Crippen LogP) is 0.548. The van der Waals surface area contributed by atoms with Gasteiger partial charge in [-0.05, 0) is 39.7 Å². The van der Waals surface area contributed by atoms with Gasteiger partial charge in [-0.1, -0.05) is 0 Å². The van der Waals surface area contributed by atoms with E-state index in [0.29, 0.717) is 6.54 Å². The molecule has 1 heterocycles. The number of nitrogens with zero attached hydrogens (tertiary/aromatic N) is 1. The van der Waals surface area contributed by atoms with Gasteiger partial charge in [0, 0.05) is 19.6 Å². The highest BCUT2D eigenvalue weighted by Gasteiger charge is 2.51. The lowest BCUT2D eigenvalue weighted by Crippen LogP contribution is -2.62. The molecule has 0 radical (unpaired) electrons. The largest absolute Gasteiger partial charge is 0.480 e. The first-order valence-electron chi connectivity index (χ1n) is 6.78. The van der Waals surface area contributed by atoms with Gasteiger partial charge in [0.05, 0.1) is 12.2 Å². The van der Waals surface area contributed by atoms with Gasteiger partial charge in [0.1, 0.15) is 5.54 Å². The Morgan fingerprint density at radius 1 is 1.39 bits per heavy atom. The summed E-state index contributed by atoms with van der Waals surface area (Å²) in [5.74, 6) is -0.451. The third kappa shape index (κ3) is 2.68. The van der Waals surface area contributed by atoms with Crippen LogP contribution in [0.15, 0.2) is 0 Å². The van der Waals surface area contributed by atoms with Gasteiger partial charge in [-0.25, -0.2) is 0 Å². The lowest BCUT2D eigenvalue weighted by atomic mass is 9.92.